The van der Waals surface area contributed by atoms with E-state index >= 15 is 0 Å². The van der Waals surface area contributed by atoms with Gasteiger partial charge in [-0.25, -0.2) is 4.68 Å². The number of aryl methyl sites for hydroxylation is 1. The monoisotopic (exact) mass is 340 g/mol. The second kappa shape index (κ2) is 5.67. The predicted molar refractivity (Wildman–Crippen MR) is 83.3 cm³/mol. The Labute approximate surface area is 136 Å². The molecule has 0 aliphatic heterocycles. The van der Waals surface area contributed by atoms with Crippen LogP contribution < -0.4 is 0 Å². The molecule has 0 saturated carbocycles. The van der Waals surface area contributed by atoms with Crippen LogP contribution in [0.5, 0.6) is 0 Å². The van der Waals surface area contributed by atoms with Crippen LogP contribution in [0.4, 0.5) is 0 Å². The molecule has 0 saturated heterocycles. The Hall–Kier alpha value is -1.57. The van der Waals surface area contributed by atoms with E-state index in [2.05, 4.69) is 33.1 Å². The van der Waals surface area contributed by atoms with Crippen LogP contribution >= 0.6 is 35.8 Å². The Kier molecular flexibility index (Phi) is 3.88. The van der Waals surface area contributed by atoms with Crippen molar-refractivity contribution in [1.82, 2.24) is 30.0 Å². The quantitative estimate of drug-likeness (QED) is 0.744. The van der Waals surface area contributed by atoms with E-state index in [1.54, 1.807) is 29.1 Å². The summed E-state index contributed by atoms with van der Waals surface area (Å²) in [6, 6.07) is 5.14. The van der Waals surface area contributed by atoms with Crippen molar-refractivity contribution in [3.05, 3.63) is 34.4 Å². The summed E-state index contributed by atoms with van der Waals surface area (Å²) in [4.78, 5) is 1.49. The van der Waals surface area contributed by atoms with Crippen molar-refractivity contribution >= 4 is 35.8 Å². The highest BCUT2D eigenvalue weighted by Gasteiger charge is 2.16. The highest BCUT2D eigenvalue weighted by molar-refractivity contribution is 7.80. The van der Waals surface area contributed by atoms with E-state index in [1.165, 1.54) is 4.80 Å². The summed E-state index contributed by atoms with van der Waals surface area (Å²) in [5, 5.41) is 18.1. The third-order valence-electron chi connectivity index (χ3n) is 2.86. The van der Waals surface area contributed by atoms with Crippen molar-refractivity contribution in [3.63, 3.8) is 0 Å². The van der Waals surface area contributed by atoms with Crippen LogP contribution in [0.25, 0.3) is 17.1 Å². The number of hydrogen-bond acceptors (Lipinski definition) is 5. The maximum absolute atomic E-state index is 6.18. The Balaban J connectivity index is 2.08. The van der Waals surface area contributed by atoms with Crippen LogP contribution in [0.2, 0.25) is 10.0 Å². The van der Waals surface area contributed by atoms with Crippen LogP contribution in [-0.4, -0.2) is 30.0 Å². The van der Waals surface area contributed by atoms with Gasteiger partial charge < -0.3 is 0 Å². The van der Waals surface area contributed by atoms with Gasteiger partial charge in [-0.3, -0.25) is 0 Å². The number of rotatable bonds is 3. The molecule has 0 aliphatic rings. The molecule has 21 heavy (non-hydrogen) atoms. The van der Waals surface area contributed by atoms with Gasteiger partial charge in [-0.1, -0.05) is 23.2 Å². The maximum Gasteiger partial charge on any atom is 0.209 e. The van der Waals surface area contributed by atoms with Gasteiger partial charge in [-0.15, -0.1) is 22.8 Å². The van der Waals surface area contributed by atoms with Crippen LogP contribution in [0.1, 0.15) is 6.92 Å². The van der Waals surface area contributed by atoms with Gasteiger partial charge >= 0.3 is 0 Å². The van der Waals surface area contributed by atoms with Crippen LogP contribution in [0, 0.1) is 0 Å². The average Bonchev–Trinajstić information content (AvgIpc) is 3.08. The zero-order chi connectivity index (χ0) is 15.0. The second-order valence-electron chi connectivity index (χ2n) is 4.19. The summed E-state index contributed by atoms with van der Waals surface area (Å²) >= 11 is 16.7. The lowest BCUT2D eigenvalue weighted by Gasteiger charge is -2.06. The van der Waals surface area contributed by atoms with Gasteiger partial charge in [0.1, 0.15) is 5.03 Å². The molecule has 108 valence electrons. The van der Waals surface area contributed by atoms with Gasteiger partial charge in [0, 0.05) is 5.02 Å². The van der Waals surface area contributed by atoms with Crippen molar-refractivity contribution in [2.75, 3.05) is 0 Å². The summed E-state index contributed by atoms with van der Waals surface area (Å²) in [5.74, 6) is 0.464. The highest BCUT2D eigenvalue weighted by atomic mass is 35.5. The molecule has 0 spiro atoms. The lowest BCUT2D eigenvalue weighted by molar-refractivity contribution is 0.552. The molecule has 0 radical (unpaired) electrons. The van der Waals surface area contributed by atoms with E-state index < -0.39 is 0 Å². The van der Waals surface area contributed by atoms with Crippen LogP contribution in [-0.2, 0) is 6.54 Å². The number of halogens is 2. The number of hydrogen-bond donors (Lipinski definition) is 1. The third kappa shape index (κ3) is 2.64. The van der Waals surface area contributed by atoms with Gasteiger partial charge in [0.05, 0.1) is 29.0 Å². The lowest BCUT2D eigenvalue weighted by Crippen LogP contribution is -1.99. The molecular formula is C12H10Cl2N6S. The molecule has 0 unspecified atom stereocenters. The number of thiol groups is 1. The topological polar surface area (TPSA) is 61.4 Å². The summed E-state index contributed by atoms with van der Waals surface area (Å²) in [5.41, 5.74) is 1.32. The van der Waals surface area contributed by atoms with Gasteiger partial charge in [0.15, 0.2) is 0 Å². The van der Waals surface area contributed by atoms with Crippen molar-refractivity contribution < 1.29 is 0 Å². The molecule has 6 nitrogen and oxygen atoms in total. The van der Waals surface area contributed by atoms with E-state index in [4.69, 9.17) is 23.2 Å². The van der Waals surface area contributed by atoms with E-state index in [0.717, 1.165) is 0 Å². The van der Waals surface area contributed by atoms with Gasteiger partial charge in [-0.05, 0) is 30.3 Å². The van der Waals surface area contributed by atoms with Crippen molar-refractivity contribution in [2.24, 2.45) is 0 Å². The Morgan fingerprint density at radius 1 is 1.29 bits per heavy atom. The SMILES string of the molecule is CCn1nnc(-c2cnn(-c3cc(Cl)ccc3Cl)c2S)n1. The zero-order valence-electron chi connectivity index (χ0n) is 10.9. The number of benzene rings is 1. The summed E-state index contributed by atoms with van der Waals surface area (Å²) < 4.78 is 1.58. The molecule has 1 aromatic carbocycles. The number of tetrazole rings is 1. The van der Waals surface area contributed by atoms with Crippen LogP contribution in [0.3, 0.4) is 0 Å². The molecule has 2 aromatic heterocycles. The number of aromatic nitrogens is 6. The van der Waals surface area contributed by atoms with E-state index in [9.17, 15) is 0 Å². The van der Waals surface area contributed by atoms with E-state index in [1.807, 2.05) is 6.92 Å². The molecule has 2 heterocycles. The highest BCUT2D eigenvalue weighted by Crippen LogP contribution is 2.30. The molecule has 9 heteroatoms. The Morgan fingerprint density at radius 3 is 2.81 bits per heavy atom. The largest absolute Gasteiger partial charge is 0.225 e. The number of nitrogens with zero attached hydrogens (tertiary/aromatic N) is 6. The fourth-order valence-corrected chi connectivity index (χ4v) is 2.49. The lowest BCUT2D eigenvalue weighted by atomic mass is 10.3. The molecule has 0 fully saturated rings. The van der Waals surface area contributed by atoms with Gasteiger partial charge in [0.25, 0.3) is 0 Å². The predicted octanol–water partition coefficient (Wildman–Crippen LogP) is 3.14. The Bertz CT molecular complexity index is 797. The standard InChI is InChI=1S/C12H10Cl2N6S/c1-2-19-17-11(16-18-19)8-6-15-20(12(8)21)10-5-7(13)3-4-9(10)14/h3-6,21H,2H2,1H3. The van der Waals surface area contributed by atoms with E-state index in [0.29, 0.717) is 38.7 Å². The smallest absolute Gasteiger partial charge is 0.209 e. The average molecular weight is 341 g/mol. The Morgan fingerprint density at radius 2 is 2.10 bits per heavy atom. The maximum atomic E-state index is 6.18. The van der Waals surface area contributed by atoms with E-state index in [-0.39, 0.29) is 0 Å². The fraction of sp³-hybridized carbons (Fsp3) is 0.167. The normalized spacial score (nSPS) is 11.0. The summed E-state index contributed by atoms with van der Waals surface area (Å²) in [6.07, 6.45) is 1.62. The minimum absolute atomic E-state index is 0.464. The fourth-order valence-electron chi connectivity index (χ4n) is 1.81. The van der Waals surface area contributed by atoms with Gasteiger partial charge in [0.2, 0.25) is 5.82 Å². The molecule has 0 amide bonds. The van der Waals surface area contributed by atoms with Crippen molar-refractivity contribution in [1.29, 1.82) is 0 Å². The van der Waals surface area contributed by atoms with Crippen molar-refractivity contribution in [3.8, 4) is 17.1 Å². The summed E-state index contributed by atoms with van der Waals surface area (Å²) in [7, 11) is 0. The first-order chi connectivity index (χ1) is 10.1. The molecular weight excluding hydrogens is 331 g/mol. The first kappa shape index (κ1) is 14.4. The van der Waals surface area contributed by atoms with Gasteiger partial charge in [-0.2, -0.15) is 9.90 Å². The third-order valence-corrected chi connectivity index (χ3v) is 3.84. The zero-order valence-corrected chi connectivity index (χ0v) is 13.3. The molecule has 0 N–H and O–H groups in total. The first-order valence-corrected chi connectivity index (χ1v) is 7.31. The minimum atomic E-state index is 0.464. The minimum Gasteiger partial charge on any atom is -0.225 e. The van der Waals surface area contributed by atoms with Crippen LogP contribution in [0.15, 0.2) is 29.4 Å². The second-order valence-corrected chi connectivity index (χ2v) is 5.46. The molecule has 0 bridgehead atoms. The first-order valence-electron chi connectivity index (χ1n) is 6.10. The molecule has 0 aliphatic carbocycles. The van der Waals surface area contributed by atoms with Crippen molar-refractivity contribution in [2.45, 2.75) is 18.5 Å². The molecule has 0 atom stereocenters. The molecule has 3 aromatic rings. The summed E-state index contributed by atoms with van der Waals surface area (Å²) in [6.45, 7) is 2.57. The molecule has 3 rings (SSSR count).